The van der Waals surface area contributed by atoms with E-state index in [1.807, 2.05) is 60.7 Å². The lowest BCUT2D eigenvalue weighted by Crippen LogP contribution is -2.14. The van der Waals surface area contributed by atoms with Gasteiger partial charge in [0, 0.05) is 16.3 Å². The van der Waals surface area contributed by atoms with Crippen molar-refractivity contribution in [3.63, 3.8) is 0 Å². The zero-order valence-corrected chi connectivity index (χ0v) is 16.9. The number of para-hydroxylation sites is 1. The third kappa shape index (κ3) is 4.85. The SMILES string of the molecule is O=C(CSc1nc(-c2ccccc2)n(-c2ccccc2)n1)Nc1cccc(Cl)c1. The molecular weight excluding hydrogens is 404 g/mol. The standard InChI is InChI=1S/C22H17ClN4OS/c23-17-10-7-11-18(14-17)24-20(28)15-29-22-25-21(16-8-3-1-4-9-16)27(26-22)19-12-5-2-6-13-19/h1-14H,15H2,(H,24,28). The molecule has 1 N–H and O–H groups in total. The van der Waals surface area contributed by atoms with Crippen LogP contribution < -0.4 is 5.32 Å². The summed E-state index contributed by atoms with van der Waals surface area (Å²) in [5.74, 6) is 0.781. The van der Waals surface area contributed by atoms with E-state index in [2.05, 4.69) is 15.4 Å². The van der Waals surface area contributed by atoms with Gasteiger partial charge < -0.3 is 5.32 Å². The molecule has 0 aliphatic carbocycles. The number of nitrogens with zero attached hydrogens (tertiary/aromatic N) is 3. The normalized spacial score (nSPS) is 10.7. The van der Waals surface area contributed by atoms with E-state index in [0.717, 1.165) is 17.1 Å². The Kier molecular flexibility index (Phi) is 5.93. The molecule has 0 fully saturated rings. The summed E-state index contributed by atoms with van der Waals surface area (Å²) < 4.78 is 1.80. The Morgan fingerprint density at radius 3 is 2.41 bits per heavy atom. The van der Waals surface area contributed by atoms with E-state index in [1.54, 1.807) is 28.9 Å². The first-order valence-corrected chi connectivity index (χ1v) is 10.3. The van der Waals surface area contributed by atoms with Gasteiger partial charge in [-0.3, -0.25) is 4.79 Å². The summed E-state index contributed by atoms with van der Waals surface area (Å²) >= 11 is 7.25. The zero-order chi connectivity index (χ0) is 20.1. The Morgan fingerprint density at radius 1 is 0.966 bits per heavy atom. The van der Waals surface area contributed by atoms with Crippen molar-refractivity contribution in [3.8, 4) is 17.1 Å². The highest BCUT2D eigenvalue weighted by atomic mass is 35.5. The summed E-state index contributed by atoms with van der Waals surface area (Å²) in [7, 11) is 0. The van der Waals surface area contributed by atoms with E-state index in [0.29, 0.717) is 15.9 Å². The molecule has 5 nitrogen and oxygen atoms in total. The van der Waals surface area contributed by atoms with Gasteiger partial charge >= 0.3 is 0 Å². The number of anilines is 1. The topological polar surface area (TPSA) is 59.8 Å². The second kappa shape index (κ2) is 8.94. The molecular formula is C22H17ClN4OS. The molecule has 0 radical (unpaired) electrons. The number of thioether (sulfide) groups is 1. The molecule has 1 heterocycles. The summed E-state index contributed by atoms with van der Waals surface area (Å²) in [6.07, 6.45) is 0. The van der Waals surface area contributed by atoms with E-state index in [-0.39, 0.29) is 11.7 Å². The summed E-state index contributed by atoms with van der Waals surface area (Å²) in [4.78, 5) is 17.0. The van der Waals surface area contributed by atoms with E-state index < -0.39 is 0 Å². The van der Waals surface area contributed by atoms with Crippen molar-refractivity contribution in [3.05, 3.63) is 90.0 Å². The average Bonchev–Trinajstić information content (AvgIpc) is 3.18. The average molecular weight is 421 g/mol. The van der Waals surface area contributed by atoms with Gasteiger partial charge in [0.05, 0.1) is 11.4 Å². The first kappa shape index (κ1) is 19.2. The maximum atomic E-state index is 12.3. The Labute approximate surface area is 177 Å². The fourth-order valence-electron chi connectivity index (χ4n) is 2.77. The van der Waals surface area contributed by atoms with Crippen LogP contribution in [0.2, 0.25) is 5.02 Å². The molecule has 0 saturated heterocycles. The Hall–Kier alpha value is -3.09. The molecule has 4 aromatic rings. The highest BCUT2D eigenvalue weighted by Crippen LogP contribution is 2.25. The van der Waals surface area contributed by atoms with Crippen LogP contribution in [0.3, 0.4) is 0 Å². The lowest BCUT2D eigenvalue weighted by molar-refractivity contribution is -0.113. The minimum atomic E-state index is -0.144. The van der Waals surface area contributed by atoms with Crippen molar-refractivity contribution in [1.82, 2.24) is 14.8 Å². The molecule has 7 heteroatoms. The largest absolute Gasteiger partial charge is 0.325 e. The Balaban J connectivity index is 1.53. The van der Waals surface area contributed by atoms with Crippen molar-refractivity contribution in [2.75, 3.05) is 11.1 Å². The first-order valence-electron chi connectivity index (χ1n) is 8.95. The Morgan fingerprint density at radius 2 is 1.69 bits per heavy atom. The monoisotopic (exact) mass is 420 g/mol. The van der Waals surface area contributed by atoms with Crippen LogP contribution in [0.1, 0.15) is 0 Å². The predicted octanol–water partition coefficient (Wildman–Crippen LogP) is 5.32. The van der Waals surface area contributed by atoms with Crippen molar-refractivity contribution >= 4 is 35.0 Å². The van der Waals surface area contributed by atoms with Gasteiger partial charge in [-0.05, 0) is 30.3 Å². The number of nitrogens with one attached hydrogen (secondary N) is 1. The predicted molar refractivity (Wildman–Crippen MR) is 118 cm³/mol. The van der Waals surface area contributed by atoms with Crippen LogP contribution in [0.4, 0.5) is 5.69 Å². The Bertz CT molecular complexity index is 1060. The fraction of sp³-hybridized carbons (Fsp3) is 0.0455. The molecule has 0 spiro atoms. The number of hydrogen-bond donors (Lipinski definition) is 1. The van der Waals surface area contributed by atoms with Crippen LogP contribution in [0.5, 0.6) is 0 Å². The quantitative estimate of drug-likeness (QED) is 0.429. The first-order chi connectivity index (χ1) is 14.2. The maximum absolute atomic E-state index is 12.3. The van der Waals surface area contributed by atoms with Crippen LogP contribution in [-0.4, -0.2) is 26.4 Å². The molecule has 0 unspecified atom stereocenters. The molecule has 0 saturated carbocycles. The lowest BCUT2D eigenvalue weighted by Gasteiger charge is -2.05. The molecule has 0 aliphatic rings. The maximum Gasteiger partial charge on any atom is 0.234 e. The van der Waals surface area contributed by atoms with Crippen LogP contribution in [0.25, 0.3) is 17.1 Å². The van der Waals surface area contributed by atoms with Gasteiger partial charge in [0.15, 0.2) is 5.82 Å². The van der Waals surface area contributed by atoms with Crippen molar-refractivity contribution in [2.24, 2.45) is 0 Å². The van der Waals surface area contributed by atoms with Crippen LogP contribution in [-0.2, 0) is 4.79 Å². The fourth-order valence-corrected chi connectivity index (χ4v) is 3.58. The summed E-state index contributed by atoms with van der Waals surface area (Å²) in [6.45, 7) is 0. The summed E-state index contributed by atoms with van der Waals surface area (Å²) in [5.41, 5.74) is 2.53. The number of halogens is 1. The molecule has 1 amide bonds. The van der Waals surface area contributed by atoms with Crippen molar-refractivity contribution in [2.45, 2.75) is 5.16 Å². The van der Waals surface area contributed by atoms with Crippen LogP contribution in [0, 0.1) is 0 Å². The molecule has 0 bridgehead atoms. The van der Waals surface area contributed by atoms with E-state index in [1.165, 1.54) is 11.8 Å². The number of amides is 1. The highest BCUT2D eigenvalue weighted by molar-refractivity contribution is 7.99. The minimum Gasteiger partial charge on any atom is -0.325 e. The third-order valence-electron chi connectivity index (χ3n) is 4.06. The number of rotatable bonds is 6. The number of carbonyl (C=O) groups excluding carboxylic acids is 1. The van der Waals surface area contributed by atoms with Gasteiger partial charge in [0.25, 0.3) is 0 Å². The van der Waals surface area contributed by atoms with Gasteiger partial charge in [-0.2, -0.15) is 0 Å². The zero-order valence-electron chi connectivity index (χ0n) is 15.3. The van der Waals surface area contributed by atoms with E-state index >= 15 is 0 Å². The van der Waals surface area contributed by atoms with Crippen molar-refractivity contribution < 1.29 is 4.79 Å². The van der Waals surface area contributed by atoms with Gasteiger partial charge in [-0.1, -0.05) is 78.0 Å². The van der Waals surface area contributed by atoms with E-state index in [9.17, 15) is 4.79 Å². The third-order valence-corrected chi connectivity index (χ3v) is 5.13. The number of aromatic nitrogens is 3. The van der Waals surface area contributed by atoms with E-state index in [4.69, 9.17) is 11.6 Å². The van der Waals surface area contributed by atoms with Crippen molar-refractivity contribution in [1.29, 1.82) is 0 Å². The summed E-state index contributed by atoms with van der Waals surface area (Å²) in [6, 6.07) is 26.7. The smallest absolute Gasteiger partial charge is 0.234 e. The second-order valence-electron chi connectivity index (χ2n) is 6.18. The molecule has 144 valence electrons. The summed E-state index contributed by atoms with van der Waals surface area (Å²) in [5, 5.41) is 8.56. The second-order valence-corrected chi connectivity index (χ2v) is 7.56. The number of carbonyl (C=O) groups is 1. The lowest BCUT2D eigenvalue weighted by atomic mass is 10.2. The molecule has 4 rings (SSSR count). The van der Waals surface area contributed by atoms with Crippen LogP contribution >= 0.6 is 23.4 Å². The highest BCUT2D eigenvalue weighted by Gasteiger charge is 2.15. The molecule has 0 atom stereocenters. The molecule has 0 aliphatic heterocycles. The van der Waals surface area contributed by atoms with Gasteiger partial charge in [0.1, 0.15) is 0 Å². The minimum absolute atomic E-state index is 0.144. The molecule has 29 heavy (non-hydrogen) atoms. The number of hydrogen-bond acceptors (Lipinski definition) is 4. The number of benzene rings is 3. The van der Waals surface area contributed by atoms with Crippen LogP contribution in [0.15, 0.2) is 90.1 Å². The molecule has 3 aromatic carbocycles. The molecule has 1 aromatic heterocycles. The van der Waals surface area contributed by atoms with Gasteiger partial charge in [0.2, 0.25) is 11.1 Å². The van der Waals surface area contributed by atoms with Gasteiger partial charge in [-0.25, -0.2) is 9.67 Å². The van der Waals surface area contributed by atoms with Gasteiger partial charge in [-0.15, -0.1) is 5.10 Å².